The van der Waals surface area contributed by atoms with Crippen molar-refractivity contribution in [3.63, 3.8) is 0 Å². The van der Waals surface area contributed by atoms with Crippen molar-refractivity contribution in [1.29, 1.82) is 0 Å². The fourth-order valence-electron chi connectivity index (χ4n) is 2.51. The molecule has 1 aromatic carbocycles. The number of benzene rings is 1. The highest BCUT2D eigenvalue weighted by Crippen LogP contribution is 2.33. The molecule has 0 aromatic heterocycles. The zero-order valence-corrected chi connectivity index (χ0v) is 11.7. The zero-order chi connectivity index (χ0) is 13.4. The number of aliphatic imine (C=N–C) groups is 1. The van der Waals surface area contributed by atoms with Gasteiger partial charge in [-0.15, -0.1) is 0 Å². The molecular weight excluding hydrogens is 311 g/mol. The minimum atomic E-state index is -0.264. The lowest BCUT2D eigenvalue weighted by atomic mass is 9.98. The van der Waals surface area contributed by atoms with Crippen LogP contribution in [0.4, 0.5) is 4.39 Å². The van der Waals surface area contributed by atoms with E-state index in [2.05, 4.69) is 20.9 Å². The second-order valence-electron chi connectivity index (χ2n) is 4.59. The van der Waals surface area contributed by atoms with Gasteiger partial charge in [-0.3, -0.25) is 14.7 Å². The Morgan fingerprint density at radius 3 is 2.79 bits per heavy atom. The van der Waals surface area contributed by atoms with Gasteiger partial charge >= 0.3 is 0 Å². The van der Waals surface area contributed by atoms with E-state index in [1.54, 1.807) is 17.0 Å². The Hall–Kier alpha value is -1.49. The highest BCUT2D eigenvalue weighted by Gasteiger charge is 2.34. The molecule has 0 radical (unpaired) electrons. The molecule has 2 aliphatic rings. The molecule has 5 heteroatoms. The van der Waals surface area contributed by atoms with Crippen LogP contribution >= 0.6 is 15.9 Å². The number of amides is 1. The van der Waals surface area contributed by atoms with Crippen molar-refractivity contribution >= 4 is 27.7 Å². The molecule has 0 N–H and O–H groups in total. The van der Waals surface area contributed by atoms with Gasteiger partial charge in [0.1, 0.15) is 11.7 Å². The van der Waals surface area contributed by atoms with Gasteiger partial charge in [-0.1, -0.05) is 18.2 Å². The van der Waals surface area contributed by atoms with Gasteiger partial charge in [0.05, 0.1) is 10.5 Å². The summed E-state index contributed by atoms with van der Waals surface area (Å²) in [6.45, 7) is 0.701. The zero-order valence-electron chi connectivity index (χ0n) is 10.1. The van der Waals surface area contributed by atoms with Crippen LogP contribution in [0.15, 0.2) is 39.8 Å². The maximum Gasteiger partial charge on any atom is 0.266 e. The molecule has 0 bridgehead atoms. The lowest BCUT2D eigenvalue weighted by Crippen LogP contribution is -2.44. The number of nitrogens with zero attached hydrogens (tertiary/aromatic N) is 2. The number of hydrogen-bond donors (Lipinski definition) is 0. The van der Waals surface area contributed by atoms with Crippen molar-refractivity contribution in [3.8, 4) is 0 Å². The standard InChI is InChI=1S/C14H12BrFN2O/c15-11-5-6-13-17-8-7-12(18(13)14(11)19)9-1-3-10(16)4-2-9/h1-5,12H,6-8H2. The minimum absolute atomic E-state index is 0.0538. The van der Waals surface area contributed by atoms with Crippen LogP contribution in [0.1, 0.15) is 24.4 Å². The van der Waals surface area contributed by atoms with E-state index in [0.717, 1.165) is 17.8 Å². The molecule has 0 aliphatic carbocycles. The van der Waals surface area contributed by atoms with E-state index >= 15 is 0 Å². The van der Waals surface area contributed by atoms with Crippen molar-refractivity contribution in [1.82, 2.24) is 4.90 Å². The number of hydrogen-bond acceptors (Lipinski definition) is 2. The van der Waals surface area contributed by atoms with Gasteiger partial charge < -0.3 is 0 Å². The van der Waals surface area contributed by atoms with Crippen molar-refractivity contribution in [2.24, 2.45) is 4.99 Å². The molecule has 0 spiro atoms. The lowest BCUT2D eigenvalue weighted by Gasteiger charge is -2.37. The van der Waals surface area contributed by atoms with Gasteiger partial charge in [0, 0.05) is 13.0 Å². The Morgan fingerprint density at radius 1 is 1.32 bits per heavy atom. The van der Waals surface area contributed by atoms with Crippen molar-refractivity contribution < 1.29 is 9.18 Å². The molecule has 3 nitrogen and oxygen atoms in total. The van der Waals surface area contributed by atoms with E-state index in [4.69, 9.17) is 0 Å². The fraction of sp³-hybridized carbons (Fsp3) is 0.286. The first-order valence-corrected chi connectivity index (χ1v) is 6.94. The third-order valence-corrected chi connectivity index (χ3v) is 4.09. The first-order valence-electron chi connectivity index (χ1n) is 6.15. The average molecular weight is 323 g/mol. The third kappa shape index (κ3) is 2.23. The molecule has 1 amide bonds. The smallest absolute Gasteiger partial charge is 0.266 e. The third-order valence-electron chi connectivity index (χ3n) is 3.43. The number of carbonyl (C=O) groups is 1. The molecule has 2 aliphatic heterocycles. The summed E-state index contributed by atoms with van der Waals surface area (Å²) in [5, 5.41) is 0. The van der Waals surface area contributed by atoms with E-state index in [9.17, 15) is 9.18 Å². The van der Waals surface area contributed by atoms with Gasteiger partial charge in [0.25, 0.3) is 5.91 Å². The molecule has 0 fully saturated rings. The molecule has 1 atom stereocenters. The van der Waals surface area contributed by atoms with Crippen molar-refractivity contribution in [2.45, 2.75) is 18.9 Å². The Kier molecular flexibility index (Phi) is 3.22. The molecule has 98 valence electrons. The van der Waals surface area contributed by atoms with E-state index in [1.165, 1.54) is 12.1 Å². The first kappa shape index (κ1) is 12.5. The Bertz CT molecular complexity index is 580. The average Bonchev–Trinajstić information content (AvgIpc) is 2.43. The van der Waals surface area contributed by atoms with Gasteiger partial charge in [-0.05, 0) is 40.0 Å². The van der Waals surface area contributed by atoms with Gasteiger partial charge in [-0.2, -0.15) is 0 Å². The monoisotopic (exact) mass is 322 g/mol. The van der Waals surface area contributed by atoms with Crippen LogP contribution in [0.2, 0.25) is 0 Å². The van der Waals surface area contributed by atoms with Crippen LogP contribution in [-0.4, -0.2) is 23.2 Å². The summed E-state index contributed by atoms with van der Waals surface area (Å²) in [7, 11) is 0. The highest BCUT2D eigenvalue weighted by atomic mass is 79.9. The Morgan fingerprint density at radius 2 is 2.05 bits per heavy atom. The van der Waals surface area contributed by atoms with E-state index < -0.39 is 0 Å². The minimum Gasteiger partial charge on any atom is -0.288 e. The van der Waals surface area contributed by atoms with Crippen LogP contribution in [0.25, 0.3) is 0 Å². The summed E-state index contributed by atoms with van der Waals surface area (Å²) in [5.74, 6) is 0.465. The van der Waals surface area contributed by atoms with Gasteiger partial charge in [0.15, 0.2) is 0 Å². The van der Waals surface area contributed by atoms with E-state index in [-0.39, 0.29) is 17.8 Å². The molecule has 1 aromatic rings. The van der Waals surface area contributed by atoms with E-state index in [0.29, 0.717) is 17.4 Å². The maximum absolute atomic E-state index is 13.0. The lowest BCUT2D eigenvalue weighted by molar-refractivity contribution is -0.125. The first-order chi connectivity index (χ1) is 9.16. The number of halogens is 2. The largest absolute Gasteiger partial charge is 0.288 e. The molecule has 19 heavy (non-hydrogen) atoms. The Labute approximate surface area is 118 Å². The van der Waals surface area contributed by atoms with Crippen LogP contribution in [0, 0.1) is 5.82 Å². The molecule has 1 unspecified atom stereocenters. The topological polar surface area (TPSA) is 32.7 Å². The number of fused-ring (bicyclic) bond motifs is 1. The highest BCUT2D eigenvalue weighted by molar-refractivity contribution is 9.12. The number of amidine groups is 1. The summed E-state index contributed by atoms with van der Waals surface area (Å²) in [5.41, 5.74) is 0.948. The quantitative estimate of drug-likeness (QED) is 0.781. The summed E-state index contributed by atoms with van der Waals surface area (Å²) in [6.07, 6.45) is 3.26. The predicted molar refractivity (Wildman–Crippen MR) is 74.5 cm³/mol. The van der Waals surface area contributed by atoms with Crippen molar-refractivity contribution in [2.75, 3.05) is 6.54 Å². The summed E-state index contributed by atoms with van der Waals surface area (Å²) in [4.78, 5) is 18.4. The fourth-order valence-corrected chi connectivity index (χ4v) is 2.86. The summed E-state index contributed by atoms with van der Waals surface area (Å²) < 4.78 is 13.6. The Balaban J connectivity index is 1.99. The van der Waals surface area contributed by atoms with Crippen molar-refractivity contribution in [3.05, 3.63) is 46.2 Å². The summed E-state index contributed by atoms with van der Waals surface area (Å²) >= 11 is 3.28. The SMILES string of the molecule is O=C1C(Br)=CCC2=NCCC(c3ccc(F)cc3)N12. The van der Waals surface area contributed by atoms with Gasteiger partial charge in [-0.25, -0.2) is 4.39 Å². The number of carbonyl (C=O) groups excluding carboxylic acids is 1. The second kappa shape index (κ2) is 4.89. The number of rotatable bonds is 1. The molecule has 2 heterocycles. The maximum atomic E-state index is 13.0. The molecule has 0 saturated heterocycles. The molecule has 3 rings (SSSR count). The predicted octanol–water partition coefficient (Wildman–Crippen LogP) is 3.18. The molecular formula is C14H12BrFN2O. The van der Waals surface area contributed by atoms with Gasteiger partial charge in [0.2, 0.25) is 0 Å². The van der Waals surface area contributed by atoms with Crippen LogP contribution in [-0.2, 0) is 4.79 Å². The normalized spacial score (nSPS) is 22.7. The second-order valence-corrected chi connectivity index (χ2v) is 5.44. The van der Waals surface area contributed by atoms with Crippen LogP contribution in [0.5, 0.6) is 0 Å². The van der Waals surface area contributed by atoms with E-state index in [1.807, 2.05) is 6.08 Å². The molecule has 0 saturated carbocycles. The summed E-state index contributed by atoms with van der Waals surface area (Å²) in [6, 6.07) is 6.28. The van der Waals surface area contributed by atoms with Crippen LogP contribution < -0.4 is 0 Å². The van der Waals surface area contributed by atoms with Crippen LogP contribution in [0.3, 0.4) is 0 Å².